The lowest BCUT2D eigenvalue weighted by Gasteiger charge is -2.07. The minimum absolute atomic E-state index is 0.182. The first-order valence-electron chi connectivity index (χ1n) is 5.83. The number of rotatable bonds is 5. The van der Waals surface area contributed by atoms with Gasteiger partial charge in [-0.05, 0) is 18.2 Å². The number of nitrogens with zero attached hydrogens (tertiary/aromatic N) is 1. The van der Waals surface area contributed by atoms with Gasteiger partial charge in [0.05, 0.1) is 5.02 Å². The van der Waals surface area contributed by atoms with Gasteiger partial charge in [0.2, 0.25) is 5.09 Å². The zero-order chi connectivity index (χ0) is 15.6. The summed E-state index contributed by atoms with van der Waals surface area (Å²) in [7, 11) is -0.850. The number of esters is 1. The maximum atomic E-state index is 11.8. The van der Waals surface area contributed by atoms with Crippen LogP contribution in [0.3, 0.4) is 0 Å². The number of carbonyl (C=O) groups excluding carboxylic acids is 1. The molecule has 0 aliphatic heterocycles. The number of nitrogens with one attached hydrogen (secondary N) is 1. The Morgan fingerprint density at radius 3 is 2.71 bits per heavy atom. The van der Waals surface area contributed by atoms with Crippen molar-refractivity contribution in [3.63, 3.8) is 0 Å². The van der Waals surface area contributed by atoms with E-state index in [1.165, 1.54) is 38.5 Å². The number of carbonyl (C=O) groups is 1. The molecule has 0 unspecified atom stereocenters. The first kappa shape index (κ1) is 15.6. The zero-order valence-electron chi connectivity index (χ0n) is 11.3. The third kappa shape index (κ3) is 3.46. The highest BCUT2D eigenvalue weighted by atomic mass is 35.5. The Morgan fingerprint density at radius 2 is 2.14 bits per heavy atom. The molecule has 114 valence electrons. The van der Waals surface area contributed by atoms with Crippen LogP contribution in [0.4, 0.5) is 0 Å². The number of H-pyrrole nitrogens is 1. The van der Waals surface area contributed by atoms with Crippen LogP contribution in [0.2, 0.25) is 5.02 Å². The second kappa shape index (κ2) is 5.92. The molecular weight excluding hydrogens is 320 g/mol. The standard InChI is InChI=1S/C12H13ClN2O5S/c1-15(2)21(17,18)11-4-3-9(20-11)7-19-12(16)10-5-8(13)6-14-10/h3-6,14H,7H2,1-2H3. The van der Waals surface area contributed by atoms with Crippen LogP contribution < -0.4 is 0 Å². The van der Waals surface area contributed by atoms with Crippen molar-refractivity contribution >= 4 is 27.6 Å². The molecule has 0 bridgehead atoms. The smallest absolute Gasteiger partial charge is 0.355 e. The van der Waals surface area contributed by atoms with Gasteiger partial charge in [0.15, 0.2) is 0 Å². The SMILES string of the molecule is CN(C)S(=O)(=O)c1ccc(COC(=O)c2cc(Cl)c[nH]2)o1. The number of aromatic amines is 1. The van der Waals surface area contributed by atoms with Crippen molar-refractivity contribution < 1.29 is 22.4 Å². The fraction of sp³-hybridized carbons (Fsp3) is 0.250. The summed E-state index contributed by atoms with van der Waals surface area (Å²) in [4.78, 5) is 14.3. The number of aromatic nitrogens is 1. The molecular formula is C12H13ClN2O5S. The molecule has 0 amide bonds. The highest BCUT2D eigenvalue weighted by Crippen LogP contribution is 2.18. The van der Waals surface area contributed by atoms with Crippen molar-refractivity contribution in [2.24, 2.45) is 0 Å². The van der Waals surface area contributed by atoms with Gasteiger partial charge in [-0.15, -0.1) is 0 Å². The van der Waals surface area contributed by atoms with E-state index in [9.17, 15) is 13.2 Å². The van der Waals surface area contributed by atoms with E-state index in [0.29, 0.717) is 5.02 Å². The Hall–Kier alpha value is -1.77. The van der Waals surface area contributed by atoms with Crippen LogP contribution in [-0.4, -0.2) is 37.8 Å². The Bertz CT molecular complexity index is 747. The fourth-order valence-corrected chi connectivity index (χ4v) is 2.43. The number of hydrogen-bond acceptors (Lipinski definition) is 5. The third-order valence-corrected chi connectivity index (χ3v) is 4.49. The average molecular weight is 333 g/mol. The van der Waals surface area contributed by atoms with Gasteiger partial charge < -0.3 is 14.1 Å². The van der Waals surface area contributed by atoms with E-state index in [1.54, 1.807) is 0 Å². The van der Waals surface area contributed by atoms with Crippen LogP contribution in [0.25, 0.3) is 0 Å². The molecule has 0 aliphatic rings. The lowest BCUT2D eigenvalue weighted by Crippen LogP contribution is -2.21. The second-order valence-electron chi connectivity index (χ2n) is 4.32. The summed E-state index contributed by atoms with van der Waals surface area (Å²) in [5, 5.41) is 0.181. The molecule has 1 N–H and O–H groups in total. The molecule has 0 saturated carbocycles. The van der Waals surface area contributed by atoms with Crippen molar-refractivity contribution in [1.82, 2.24) is 9.29 Å². The largest absolute Gasteiger partial charge is 0.453 e. The van der Waals surface area contributed by atoms with E-state index >= 15 is 0 Å². The van der Waals surface area contributed by atoms with Crippen molar-refractivity contribution in [2.75, 3.05) is 14.1 Å². The van der Waals surface area contributed by atoms with Crippen LogP contribution in [0.1, 0.15) is 16.2 Å². The lowest BCUT2D eigenvalue weighted by molar-refractivity contribution is 0.0434. The molecule has 2 rings (SSSR count). The molecule has 9 heteroatoms. The second-order valence-corrected chi connectivity index (χ2v) is 6.84. The quantitative estimate of drug-likeness (QED) is 0.844. The summed E-state index contributed by atoms with van der Waals surface area (Å²) < 4.78 is 34.8. The van der Waals surface area contributed by atoms with E-state index in [1.807, 2.05) is 0 Å². The van der Waals surface area contributed by atoms with E-state index in [0.717, 1.165) is 4.31 Å². The Kier molecular flexibility index (Phi) is 4.40. The molecule has 0 radical (unpaired) electrons. The van der Waals surface area contributed by atoms with Gasteiger partial charge in [-0.25, -0.2) is 17.5 Å². The molecule has 0 aromatic carbocycles. The van der Waals surface area contributed by atoms with Crippen LogP contribution in [0.15, 0.2) is 33.9 Å². The average Bonchev–Trinajstić information content (AvgIpc) is 3.04. The maximum absolute atomic E-state index is 11.8. The van der Waals surface area contributed by atoms with Gasteiger partial charge in [0.1, 0.15) is 18.1 Å². The topological polar surface area (TPSA) is 92.6 Å². The minimum Gasteiger partial charge on any atom is -0.453 e. The molecule has 0 atom stereocenters. The Morgan fingerprint density at radius 1 is 1.43 bits per heavy atom. The maximum Gasteiger partial charge on any atom is 0.355 e. The van der Waals surface area contributed by atoms with Gasteiger partial charge >= 0.3 is 5.97 Å². The number of halogens is 1. The summed E-state index contributed by atoms with van der Waals surface area (Å²) in [6.07, 6.45) is 1.45. The van der Waals surface area contributed by atoms with Crippen molar-refractivity contribution in [3.05, 3.63) is 40.9 Å². The summed E-state index contributed by atoms with van der Waals surface area (Å²) in [6.45, 7) is -0.182. The summed E-state index contributed by atoms with van der Waals surface area (Å²) in [6, 6.07) is 4.17. The van der Waals surface area contributed by atoms with Crippen LogP contribution in [0.5, 0.6) is 0 Å². The van der Waals surface area contributed by atoms with Gasteiger partial charge in [-0.3, -0.25) is 0 Å². The predicted octanol–water partition coefficient (Wildman–Crippen LogP) is 1.87. The number of hydrogen-bond donors (Lipinski definition) is 1. The number of sulfonamides is 1. The fourth-order valence-electron chi connectivity index (χ4n) is 1.45. The highest BCUT2D eigenvalue weighted by Gasteiger charge is 2.22. The Balaban J connectivity index is 2.02. The summed E-state index contributed by atoms with van der Waals surface area (Å²) in [5.41, 5.74) is 0.202. The molecule has 2 aromatic heterocycles. The zero-order valence-corrected chi connectivity index (χ0v) is 12.9. The Labute approximate surface area is 126 Å². The molecule has 0 spiro atoms. The van der Waals surface area contributed by atoms with E-state index in [-0.39, 0.29) is 23.2 Å². The molecule has 0 saturated heterocycles. The number of furan rings is 1. The van der Waals surface area contributed by atoms with Gasteiger partial charge in [0, 0.05) is 20.3 Å². The highest BCUT2D eigenvalue weighted by molar-refractivity contribution is 7.88. The molecule has 0 fully saturated rings. The molecule has 7 nitrogen and oxygen atoms in total. The summed E-state index contributed by atoms with van der Waals surface area (Å²) in [5.74, 6) is -0.392. The predicted molar refractivity (Wildman–Crippen MR) is 74.5 cm³/mol. The minimum atomic E-state index is -3.64. The molecule has 2 aromatic rings. The third-order valence-electron chi connectivity index (χ3n) is 2.59. The van der Waals surface area contributed by atoms with Crippen LogP contribution in [0, 0.1) is 0 Å². The lowest BCUT2D eigenvalue weighted by atomic mass is 10.4. The molecule has 2 heterocycles. The summed E-state index contributed by atoms with van der Waals surface area (Å²) >= 11 is 5.68. The monoisotopic (exact) mass is 332 g/mol. The van der Waals surface area contributed by atoms with Crippen LogP contribution in [-0.2, 0) is 21.4 Å². The normalized spacial score (nSPS) is 11.8. The number of ether oxygens (including phenoxy) is 1. The molecule has 0 aliphatic carbocycles. The van der Waals surface area contributed by atoms with Crippen LogP contribution >= 0.6 is 11.6 Å². The van der Waals surface area contributed by atoms with Crippen molar-refractivity contribution in [3.8, 4) is 0 Å². The van der Waals surface area contributed by atoms with Crippen molar-refractivity contribution in [2.45, 2.75) is 11.7 Å². The van der Waals surface area contributed by atoms with E-state index < -0.39 is 16.0 Å². The van der Waals surface area contributed by atoms with Gasteiger partial charge in [-0.2, -0.15) is 0 Å². The molecule has 21 heavy (non-hydrogen) atoms. The van der Waals surface area contributed by atoms with Gasteiger partial charge in [-0.1, -0.05) is 11.6 Å². The van der Waals surface area contributed by atoms with Gasteiger partial charge in [0.25, 0.3) is 10.0 Å². The first-order valence-corrected chi connectivity index (χ1v) is 7.65. The van der Waals surface area contributed by atoms with Crippen molar-refractivity contribution in [1.29, 1.82) is 0 Å². The van der Waals surface area contributed by atoms with E-state index in [2.05, 4.69) is 4.98 Å². The van der Waals surface area contributed by atoms with E-state index in [4.69, 9.17) is 20.8 Å². The first-order chi connectivity index (χ1) is 9.80.